The molecule has 3 rings (SSSR count). The monoisotopic (exact) mass is 494 g/mol. The van der Waals surface area contributed by atoms with E-state index in [1.54, 1.807) is 17.5 Å². The fourth-order valence-electron chi connectivity index (χ4n) is 2.14. The maximum Gasteiger partial charge on any atom is 0.202 e. The Hall–Kier alpha value is -0.740. The molecule has 0 unspecified atom stereocenters. The Kier molecular flexibility index (Phi) is 7.42. The number of nitrogens with one attached hydrogen (secondary N) is 3. The van der Waals surface area contributed by atoms with Crippen molar-refractivity contribution in [2.24, 2.45) is 0 Å². The van der Waals surface area contributed by atoms with Crippen LogP contribution < -0.4 is 10.6 Å². The summed E-state index contributed by atoms with van der Waals surface area (Å²) in [6.45, 7) is 4.81. The van der Waals surface area contributed by atoms with E-state index in [9.17, 15) is 0 Å². The third-order valence-corrected chi connectivity index (χ3v) is 7.16. The van der Waals surface area contributed by atoms with Gasteiger partial charge in [0.25, 0.3) is 0 Å². The third-order valence-electron chi connectivity index (χ3n) is 3.41. The molecule has 0 spiro atoms. The summed E-state index contributed by atoms with van der Waals surface area (Å²) in [5.74, 6) is 0.738. The van der Waals surface area contributed by atoms with Gasteiger partial charge in [0.1, 0.15) is 0 Å². The predicted octanol–water partition coefficient (Wildman–Crippen LogP) is 4.26. The Morgan fingerprint density at radius 2 is 2.12 bits per heavy atom. The average Bonchev–Trinajstić information content (AvgIpc) is 3.07. The SMILES string of the molecule is Cc1c(CNCCCNc2nc3nnccc3[nH]2)sc(Br)c1Br.Cl. The molecule has 6 nitrogen and oxygen atoms in total. The van der Waals surface area contributed by atoms with E-state index in [2.05, 4.69) is 69.6 Å². The van der Waals surface area contributed by atoms with Crippen LogP contribution in [0, 0.1) is 6.92 Å². The second-order valence-electron chi connectivity index (χ2n) is 5.05. The highest BCUT2D eigenvalue weighted by molar-refractivity contribution is 9.13. The van der Waals surface area contributed by atoms with Crippen molar-refractivity contribution in [1.29, 1.82) is 0 Å². The summed E-state index contributed by atoms with van der Waals surface area (Å²) in [5, 5.41) is 14.5. The van der Waals surface area contributed by atoms with Crippen LogP contribution in [-0.4, -0.2) is 33.3 Å². The molecule has 0 aliphatic rings. The standard InChI is InChI=1S/C14H16Br2N6S.ClH/c1-8-10(23-12(16)11(8)15)7-17-4-2-5-18-14-20-9-3-6-19-22-13(9)21-14;/h3,6,17H,2,4-5,7H2,1H3,(H2,18,20,21,22);1H. The van der Waals surface area contributed by atoms with Crippen molar-refractivity contribution < 1.29 is 0 Å². The molecule has 24 heavy (non-hydrogen) atoms. The Bertz CT molecular complexity index is 773. The highest BCUT2D eigenvalue weighted by Crippen LogP contribution is 2.36. The van der Waals surface area contributed by atoms with E-state index in [1.165, 1.54) is 10.4 Å². The molecule has 0 aromatic carbocycles. The minimum absolute atomic E-state index is 0. The van der Waals surface area contributed by atoms with Crippen molar-refractivity contribution in [2.45, 2.75) is 19.9 Å². The molecule has 0 radical (unpaired) electrons. The summed E-state index contributed by atoms with van der Waals surface area (Å²) < 4.78 is 2.32. The number of hydrogen-bond donors (Lipinski definition) is 3. The molecule has 3 N–H and O–H groups in total. The Morgan fingerprint density at radius 1 is 1.29 bits per heavy atom. The normalized spacial score (nSPS) is 10.8. The molecular formula is C14H17Br2ClN6S. The lowest BCUT2D eigenvalue weighted by atomic mass is 10.3. The van der Waals surface area contributed by atoms with Gasteiger partial charge in [0.15, 0.2) is 0 Å². The predicted molar refractivity (Wildman–Crippen MR) is 108 cm³/mol. The molecule has 0 bridgehead atoms. The van der Waals surface area contributed by atoms with Crippen molar-refractivity contribution in [3.8, 4) is 0 Å². The third kappa shape index (κ3) is 4.66. The van der Waals surface area contributed by atoms with Crippen LogP contribution in [0.25, 0.3) is 11.2 Å². The number of aromatic nitrogens is 4. The second-order valence-corrected chi connectivity index (χ2v) is 8.27. The number of aromatic amines is 1. The number of halogens is 3. The number of imidazole rings is 1. The van der Waals surface area contributed by atoms with Crippen molar-refractivity contribution in [3.05, 3.63) is 31.0 Å². The van der Waals surface area contributed by atoms with Crippen molar-refractivity contribution >= 4 is 72.7 Å². The van der Waals surface area contributed by atoms with E-state index in [0.717, 1.165) is 45.8 Å². The number of rotatable bonds is 7. The maximum absolute atomic E-state index is 4.33. The van der Waals surface area contributed by atoms with Crippen LogP contribution in [0.2, 0.25) is 0 Å². The first-order chi connectivity index (χ1) is 11.1. The largest absolute Gasteiger partial charge is 0.356 e. The zero-order valence-electron chi connectivity index (χ0n) is 12.9. The van der Waals surface area contributed by atoms with Gasteiger partial charge in [0.2, 0.25) is 11.6 Å². The Labute approximate surface area is 166 Å². The molecule has 0 atom stereocenters. The Morgan fingerprint density at radius 3 is 2.83 bits per heavy atom. The van der Waals surface area contributed by atoms with Gasteiger partial charge >= 0.3 is 0 Å². The molecule has 0 aliphatic carbocycles. The topological polar surface area (TPSA) is 78.5 Å². The summed E-state index contributed by atoms with van der Waals surface area (Å²) in [4.78, 5) is 8.86. The van der Waals surface area contributed by atoms with Gasteiger partial charge in [-0.3, -0.25) is 0 Å². The van der Waals surface area contributed by atoms with E-state index in [1.807, 2.05) is 6.07 Å². The molecule has 0 amide bonds. The van der Waals surface area contributed by atoms with Gasteiger partial charge in [-0.15, -0.1) is 28.8 Å². The van der Waals surface area contributed by atoms with Crippen LogP contribution in [0.5, 0.6) is 0 Å². The van der Waals surface area contributed by atoms with Crippen LogP contribution in [0.3, 0.4) is 0 Å². The summed E-state index contributed by atoms with van der Waals surface area (Å²) in [6.07, 6.45) is 2.66. The minimum Gasteiger partial charge on any atom is -0.356 e. The summed E-state index contributed by atoms with van der Waals surface area (Å²) >= 11 is 8.90. The molecule has 0 saturated carbocycles. The quantitative estimate of drug-likeness (QED) is 0.426. The molecule has 0 saturated heterocycles. The zero-order chi connectivity index (χ0) is 16.2. The lowest BCUT2D eigenvalue weighted by Gasteiger charge is -2.05. The molecular weight excluding hydrogens is 480 g/mol. The molecule has 3 aromatic heterocycles. The zero-order valence-corrected chi connectivity index (χ0v) is 17.7. The van der Waals surface area contributed by atoms with Crippen LogP contribution in [0.1, 0.15) is 16.9 Å². The number of thiophene rings is 1. The smallest absolute Gasteiger partial charge is 0.202 e. The number of hydrogen-bond acceptors (Lipinski definition) is 6. The number of H-pyrrole nitrogens is 1. The summed E-state index contributed by atoms with van der Waals surface area (Å²) in [6, 6.07) is 1.86. The molecule has 3 aromatic rings. The first-order valence-electron chi connectivity index (χ1n) is 7.20. The number of anilines is 1. The van der Waals surface area contributed by atoms with Crippen molar-refractivity contribution in [1.82, 2.24) is 25.5 Å². The van der Waals surface area contributed by atoms with Crippen LogP contribution in [0.15, 0.2) is 20.5 Å². The van der Waals surface area contributed by atoms with Gasteiger partial charge in [-0.1, -0.05) is 0 Å². The van der Waals surface area contributed by atoms with Gasteiger partial charge in [-0.05, 0) is 63.4 Å². The molecule has 10 heteroatoms. The fraction of sp³-hybridized carbons (Fsp3) is 0.357. The van der Waals surface area contributed by atoms with Gasteiger partial charge < -0.3 is 15.6 Å². The molecule has 0 aliphatic heterocycles. The first-order valence-corrected chi connectivity index (χ1v) is 9.60. The average molecular weight is 497 g/mol. The highest BCUT2D eigenvalue weighted by atomic mass is 79.9. The summed E-state index contributed by atoms with van der Waals surface area (Å²) in [5.41, 5.74) is 2.83. The van der Waals surface area contributed by atoms with E-state index in [4.69, 9.17) is 0 Å². The van der Waals surface area contributed by atoms with Gasteiger partial charge in [-0.25, -0.2) is 0 Å². The van der Waals surface area contributed by atoms with Gasteiger partial charge in [-0.2, -0.15) is 10.1 Å². The van der Waals surface area contributed by atoms with Gasteiger partial charge in [0.05, 0.1) is 15.5 Å². The minimum atomic E-state index is 0. The first kappa shape index (κ1) is 19.6. The molecule has 130 valence electrons. The lowest BCUT2D eigenvalue weighted by Crippen LogP contribution is -2.17. The Balaban J connectivity index is 0.00000208. The van der Waals surface area contributed by atoms with Crippen LogP contribution >= 0.6 is 55.6 Å². The molecule has 3 heterocycles. The van der Waals surface area contributed by atoms with E-state index in [0.29, 0.717) is 5.65 Å². The highest BCUT2D eigenvalue weighted by Gasteiger charge is 2.10. The van der Waals surface area contributed by atoms with E-state index in [-0.39, 0.29) is 12.4 Å². The maximum atomic E-state index is 4.33. The van der Waals surface area contributed by atoms with Crippen molar-refractivity contribution in [2.75, 3.05) is 18.4 Å². The number of nitrogens with zero attached hydrogens (tertiary/aromatic N) is 3. The molecule has 0 fully saturated rings. The van der Waals surface area contributed by atoms with Crippen LogP contribution in [0.4, 0.5) is 5.95 Å². The lowest BCUT2D eigenvalue weighted by molar-refractivity contribution is 0.666. The van der Waals surface area contributed by atoms with Gasteiger partial charge in [0, 0.05) is 22.4 Å². The van der Waals surface area contributed by atoms with Crippen molar-refractivity contribution in [3.63, 3.8) is 0 Å². The van der Waals surface area contributed by atoms with E-state index >= 15 is 0 Å². The van der Waals surface area contributed by atoms with E-state index < -0.39 is 0 Å². The summed E-state index contributed by atoms with van der Waals surface area (Å²) in [7, 11) is 0. The van der Waals surface area contributed by atoms with Crippen LogP contribution in [-0.2, 0) is 6.54 Å². The second kappa shape index (κ2) is 9.10. The fourth-order valence-corrected chi connectivity index (χ4v) is 4.52. The number of fused-ring (bicyclic) bond motifs is 1.